The molecule has 1 saturated heterocycles. The number of nitrogens with zero attached hydrogens (tertiary/aromatic N) is 1. The van der Waals surface area contributed by atoms with E-state index in [0.717, 1.165) is 51.6 Å². The number of aryl methyl sites for hydroxylation is 1. The van der Waals surface area contributed by atoms with E-state index in [4.69, 9.17) is 28.9 Å². The van der Waals surface area contributed by atoms with Gasteiger partial charge in [0.1, 0.15) is 0 Å². The highest BCUT2D eigenvalue weighted by Gasteiger charge is 2.28. The first kappa shape index (κ1) is 29.0. The fourth-order valence-corrected chi connectivity index (χ4v) is 5.71. The van der Waals surface area contributed by atoms with E-state index in [1.807, 2.05) is 0 Å². The van der Waals surface area contributed by atoms with Gasteiger partial charge >= 0.3 is 0 Å². The minimum absolute atomic E-state index is 0.0960. The molecular formula is C30H43Cl2N3O. The van der Waals surface area contributed by atoms with Crippen molar-refractivity contribution >= 4 is 29.1 Å². The third-order valence-corrected chi connectivity index (χ3v) is 8.36. The van der Waals surface area contributed by atoms with E-state index in [2.05, 4.69) is 61.3 Å². The summed E-state index contributed by atoms with van der Waals surface area (Å²) in [5.41, 5.74) is 8.22. The zero-order valence-electron chi connectivity index (χ0n) is 22.1. The number of rotatable bonds is 13. The van der Waals surface area contributed by atoms with E-state index in [-0.39, 0.29) is 5.91 Å². The average Bonchev–Trinajstić information content (AvgIpc) is 3.29. The van der Waals surface area contributed by atoms with Crippen molar-refractivity contribution in [2.75, 3.05) is 19.6 Å². The van der Waals surface area contributed by atoms with Gasteiger partial charge in [-0.3, -0.25) is 9.69 Å². The Kier molecular flexibility index (Phi) is 11.6. The van der Waals surface area contributed by atoms with Gasteiger partial charge in [-0.2, -0.15) is 0 Å². The molecule has 0 saturated carbocycles. The summed E-state index contributed by atoms with van der Waals surface area (Å²) < 4.78 is 0. The Bertz CT molecular complexity index is 952. The van der Waals surface area contributed by atoms with Crippen molar-refractivity contribution in [2.24, 2.45) is 23.5 Å². The van der Waals surface area contributed by atoms with Gasteiger partial charge in [0.05, 0.1) is 10.0 Å². The highest BCUT2D eigenvalue weighted by atomic mass is 35.5. The van der Waals surface area contributed by atoms with Crippen LogP contribution in [0.2, 0.25) is 10.0 Å². The lowest BCUT2D eigenvalue weighted by Crippen LogP contribution is -2.37. The van der Waals surface area contributed by atoms with Crippen molar-refractivity contribution in [1.82, 2.24) is 10.2 Å². The summed E-state index contributed by atoms with van der Waals surface area (Å²) in [6, 6.07) is 16.7. The van der Waals surface area contributed by atoms with Crippen LogP contribution in [0.3, 0.4) is 0 Å². The molecule has 1 heterocycles. The summed E-state index contributed by atoms with van der Waals surface area (Å²) in [5.74, 6) is 1.41. The van der Waals surface area contributed by atoms with E-state index in [1.165, 1.54) is 5.56 Å². The van der Waals surface area contributed by atoms with Gasteiger partial charge in [-0.25, -0.2) is 0 Å². The van der Waals surface area contributed by atoms with Crippen LogP contribution >= 0.6 is 23.2 Å². The van der Waals surface area contributed by atoms with Crippen LogP contribution in [0, 0.1) is 17.8 Å². The SMILES string of the molecule is CC(C)C[C@H](CNC(=O)c1ccc(Cl)c(Cl)c1)C(C)CCC(CCc1ccccc1)N1CC[C@@H](N)C1. The van der Waals surface area contributed by atoms with E-state index < -0.39 is 0 Å². The predicted octanol–water partition coefficient (Wildman–Crippen LogP) is 6.84. The van der Waals surface area contributed by atoms with Crippen molar-refractivity contribution in [2.45, 2.75) is 71.4 Å². The second kappa shape index (κ2) is 14.4. The van der Waals surface area contributed by atoms with Gasteiger partial charge in [0, 0.05) is 37.3 Å². The van der Waals surface area contributed by atoms with E-state index in [0.29, 0.717) is 52.0 Å². The van der Waals surface area contributed by atoms with E-state index in [1.54, 1.807) is 18.2 Å². The quantitative estimate of drug-likeness (QED) is 0.297. The van der Waals surface area contributed by atoms with Crippen molar-refractivity contribution < 1.29 is 4.79 Å². The summed E-state index contributed by atoms with van der Waals surface area (Å²) in [4.78, 5) is 15.4. The Balaban J connectivity index is 1.58. The molecule has 0 aliphatic carbocycles. The number of carbonyl (C=O) groups is 1. The first-order valence-electron chi connectivity index (χ1n) is 13.5. The standard InChI is InChI=1S/C30H43Cl2N3O/c1-21(2)17-25(19-34-30(36)24-11-14-28(31)29(32)18-24)22(3)9-12-27(35-16-15-26(33)20-35)13-10-23-7-5-4-6-8-23/h4-8,11,14,18,21-22,25-27H,9-10,12-13,15-17,19-20,33H2,1-3H3,(H,34,36)/t22?,25-,26-,27?/m1/s1. The fraction of sp³-hybridized carbons (Fsp3) is 0.567. The second-order valence-electron chi connectivity index (χ2n) is 11.0. The molecule has 1 fully saturated rings. The number of carbonyl (C=O) groups excluding carboxylic acids is 1. The normalized spacial score (nSPS) is 18.8. The summed E-state index contributed by atoms with van der Waals surface area (Å²) in [6.45, 7) is 9.64. The van der Waals surface area contributed by atoms with Gasteiger partial charge in [-0.1, -0.05) is 74.3 Å². The number of nitrogens with two attached hydrogens (primary N) is 1. The molecule has 3 N–H and O–H groups in total. The molecule has 198 valence electrons. The Labute approximate surface area is 227 Å². The number of benzene rings is 2. The van der Waals surface area contributed by atoms with Gasteiger partial charge in [0.2, 0.25) is 0 Å². The van der Waals surface area contributed by atoms with E-state index in [9.17, 15) is 4.79 Å². The van der Waals surface area contributed by atoms with Gasteiger partial charge in [-0.05, 0) is 80.0 Å². The minimum atomic E-state index is -0.0960. The monoisotopic (exact) mass is 531 g/mol. The molecular weight excluding hydrogens is 489 g/mol. The molecule has 4 atom stereocenters. The maximum atomic E-state index is 12.8. The van der Waals surface area contributed by atoms with E-state index >= 15 is 0 Å². The summed E-state index contributed by atoms with van der Waals surface area (Å²) >= 11 is 12.1. The van der Waals surface area contributed by atoms with Crippen molar-refractivity contribution in [3.63, 3.8) is 0 Å². The predicted molar refractivity (Wildman–Crippen MR) is 153 cm³/mol. The van der Waals surface area contributed by atoms with Crippen molar-refractivity contribution in [3.05, 3.63) is 69.7 Å². The molecule has 0 spiro atoms. The van der Waals surface area contributed by atoms with Crippen LogP contribution in [0.1, 0.15) is 68.8 Å². The molecule has 2 aromatic rings. The number of halogens is 2. The zero-order chi connectivity index (χ0) is 26.1. The Morgan fingerprint density at radius 2 is 1.81 bits per heavy atom. The summed E-state index contributed by atoms with van der Waals surface area (Å²) in [6.07, 6.45) is 6.74. The van der Waals surface area contributed by atoms with Crippen LogP contribution in [0.25, 0.3) is 0 Å². The molecule has 1 amide bonds. The number of hydrogen-bond donors (Lipinski definition) is 2. The topological polar surface area (TPSA) is 58.4 Å². The lowest BCUT2D eigenvalue weighted by atomic mass is 9.82. The molecule has 1 aliphatic heterocycles. The summed E-state index contributed by atoms with van der Waals surface area (Å²) in [5, 5.41) is 4.02. The molecule has 6 heteroatoms. The summed E-state index contributed by atoms with van der Waals surface area (Å²) in [7, 11) is 0. The highest BCUT2D eigenvalue weighted by molar-refractivity contribution is 6.42. The molecule has 2 unspecified atom stereocenters. The number of hydrogen-bond acceptors (Lipinski definition) is 3. The van der Waals surface area contributed by atoms with Crippen LogP contribution < -0.4 is 11.1 Å². The largest absolute Gasteiger partial charge is 0.352 e. The fourth-order valence-electron chi connectivity index (χ4n) is 5.41. The maximum absolute atomic E-state index is 12.8. The zero-order valence-corrected chi connectivity index (χ0v) is 23.6. The van der Waals surface area contributed by atoms with Gasteiger partial charge < -0.3 is 11.1 Å². The lowest BCUT2D eigenvalue weighted by Gasteiger charge is -2.31. The van der Waals surface area contributed by atoms with Crippen molar-refractivity contribution in [1.29, 1.82) is 0 Å². The number of nitrogens with one attached hydrogen (secondary N) is 1. The number of likely N-dealkylation sites (tertiary alicyclic amines) is 1. The Morgan fingerprint density at radius 3 is 2.44 bits per heavy atom. The smallest absolute Gasteiger partial charge is 0.251 e. The van der Waals surface area contributed by atoms with Crippen LogP contribution in [0.4, 0.5) is 0 Å². The third-order valence-electron chi connectivity index (χ3n) is 7.62. The molecule has 0 bridgehead atoms. The van der Waals surface area contributed by atoms with Gasteiger partial charge in [-0.15, -0.1) is 0 Å². The minimum Gasteiger partial charge on any atom is -0.352 e. The lowest BCUT2D eigenvalue weighted by molar-refractivity contribution is 0.0937. The molecule has 4 nitrogen and oxygen atoms in total. The second-order valence-corrected chi connectivity index (χ2v) is 11.8. The molecule has 0 radical (unpaired) electrons. The van der Waals surface area contributed by atoms with Gasteiger partial charge in [0.25, 0.3) is 5.91 Å². The molecule has 3 rings (SSSR count). The maximum Gasteiger partial charge on any atom is 0.251 e. The molecule has 2 aromatic carbocycles. The van der Waals surface area contributed by atoms with Crippen LogP contribution in [0.15, 0.2) is 48.5 Å². The Hall–Kier alpha value is -1.59. The Morgan fingerprint density at radius 1 is 1.06 bits per heavy atom. The highest BCUT2D eigenvalue weighted by Crippen LogP contribution is 2.28. The molecule has 36 heavy (non-hydrogen) atoms. The molecule has 0 aromatic heterocycles. The first-order valence-corrected chi connectivity index (χ1v) is 14.2. The van der Waals surface area contributed by atoms with Crippen LogP contribution in [-0.2, 0) is 6.42 Å². The van der Waals surface area contributed by atoms with Gasteiger partial charge in [0.15, 0.2) is 0 Å². The van der Waals surface area contributed by atoms with Crippen LogP contribution in [-0.4, -0.2) is 42.5 Å². The van der Waals surface area contributed by atoms with Crippen molar-refractivity contribution in [3.8, 4) is 0 Å². The third kappa shape index (κ3) is 9.06. The van der Waals surface area contributed by atoms with Crippen LogP contribution in [0.5, 0.6) is 0 Å². The average molecular weight is 533 g/mol. The number of amides is 1. The molecule has 1 aliphatic rings. The first-order chi connectivity index (χ1) is 17.2.